The van der Waals surface area contributed by atoms with E-state index in [4.69, 9.17) is 0 Å². The topological polar surface area (TPSA) is 86.8 Å². The zero-order valence-electron chi connectivity index (χ0n) is 18.8. The molecule has 0 aliphatic rings. The van der Waals surface area contributed by atoms with Crippen molar-refractivity contribution < 1.29 is 22.4 Å². The van der Waals surface area contributed by atoms with Gasteiger partial charge in [0.1, 0.15) is 18.4 Å². The maximum absolute atomic E-state index is 13.7. The normalized spacial score (nSPS) is 13.2. The highest BCUT2D eigenvalue weighted by molar-refractivity contribution is 7.92. The van der Waals surface area contributed by atoms with E-state index in [2.05, 4.69) is 5.32 Å². The van der Waals surface area contributed by atoms with Crippen molar-refractivity contribution in [3.8, 4) is 0 Å². The largest absolute Gasteiger partial charge is 0.352 e. The first-order valence-electron chi connectivity index (χ1n) is 10.4. The lowest BCUT2D eigenvalue weighted by atomic mass is 10.1. The number of hydrogen-bond donors (Lipinski definition) is 1. The van der Waals surface area contributed by atoms with Crippen molar-refractivity contribution in [3.05, 3.63) is 66.0 Å². The van der Waals surface area contributed by atoms with E-state index in [1.165, 1.54) is 23.1 Å². The molecule has 0 aromatic heterocycles. The first-order chi connectivity index (χ1) is 15.0. The third-order valence-electron chi connectivity index (χ3n) is 5.14. The van der Waals surface area contributed by atoms with Crippen molar-refractivity contribution in [1.82, 2.24) is 10.2 Å². The fourth-order valence-corrected chi connectivity index (χ4v) is 3.91. The van der Waals surface area contributed by atoms with Gasteiger partial charge in [0.15, 0.2) is 0 Å². The van der Waals surface area contributed by atoms with Gasteiger partial charge in [-0.05, 0) is 44.0 Å². The highest BCUT2D eigenvalue weighted by Crippen LogP contribution is 2.20. The first-order valence-corrected chi connectivity index (χ1v) is 12.2. The molecule has 1 N–H and O–H groups in total. The number of amides is 2. The van der Waals surface area contributed by atoms with E-state index in [9.17, 15) is 22.4 Å². The zero-order chi connectivity index (χ0) is 23.9. The summed E-state index contributed by atoms with van der Waals surface area (Å²) in [5, 5.41) is 2.86. The van der Waals surface area contributed by atoms with Crippen LogP contribution in [0, 0.1) is 5.82 Å². The molecule has 9 heteroatoms. The number of sulfonamides is 1. The molecule has 2 amide bonds. The Balaban J connectivity index is 2.35. The molecule has 2 rings (SSSR count). The highest BCUT2D eigenvalue weighted by Gasteiger charge is 2.30. The number of halogens is 1. The van der Waals surface area contributed by atoms with Gasteiger partial charge in [0.25, 0.3) is 0 Å². The summed E-state index contributed by atoms with van der Waals surface area (Å²) < 4.78 is 39.4. The average molecular weight is 464 g/mol. The molecule has 7 nitrogen and oxygen atoms in total. The van der Waals surface area contributed by atoms with Crippen LogP contribution < -0.4 is 9.62 Å². The quantitative estimate of drug-likeness (QED) is 0.587. The molecule has 32 heavy (non-hydrogen) atoms. The maximum Gasteiger partial charge on any atom is 0.244 e. The Kier molecular flexibility index (Phi) is 8.77. The van der Waals surface area contributed by atoms with E-state index >= 15 is 0 Å². The van der Waals surface area contributed by atoms with E-state index in [1.807, 2.05) is 44.2 Å². The predicted molar refractivity (Wildman–Crippen MR) is 123 cm³/mol. The zero-order valence-corrected chi connectivity index (χ0v) is 19.6. The van der Waals surface area contributed by atoms with E-state index in [1.54, 1.807) is 6.92 Å². The molecule has 0 heterocycles. The van der Waals surface area contributed by atoms with Crippen molar-refractivity contribution in [3.63, 3.8) is 0 Å². The van der Waals surface area contributed by atoms with Gasteiger partial charge >= 0.3 is 0 Å². The first kappa shape index (κ1) is 25.3. The molecule has 0 aliphatic carbocycles. The maximum atomic E-state index is 13.7. The molecule has 0 bridgehead atoms. The van der Waals surface area contributed by atoms with Gasteiger partial charge in [-0.15, -0.1) is 0 Å². The molecule has 0 unspecified atom stereocenters. The predicted octanol–water partition coefficient (Wildman–Crippen LogP) is 2.92. The van der Waals surface area contributed by atoms with Crippen molar-refractivity contribution in [2.24, 2.45) is 0 Å². The van der Waals surface area contributed by atoms with Gasteiger partial charge in [0.2, 0.25) is 21.8 Å². The number of carbonyl (C=O) groups is 2. The second-order valence-electron chi connectivity index (χ2n) is 7.75. The number of nitrogens with one attached hydrogen (secondary N) is 1. The highest BCUT2D eigenvalue weighted by atomic mass is 32.2. The number of nitrogens with zero attached hydrogens (tertiary/aromatic N) is 2. The van der Waals surface area contributed by atoms with Crippen molar-refractivity contribution in [2.75, 3.05) is 17.1 Å². The van der Waals surface area contributed by atoms with Gasteiger partial charge in [-0.1, -0.05) is 43.3 Å². The number of anilines is 1. The van der Waals surface area contributed by atoms with Crippen LogP contribution in [0.5, 0.6) is 0 Å². The molecule has 2 atom stereocenters. The molecule has 174 valence electrons. The summed E-state index contributed by atoms with van der Waals surface area (Å²) in [4.78, 5) is 27.4. The fourth-order valence-electron chi connectivity index (χ4n) is 3.07. The molecule has 2 aromatic carbocycles. The van der Waals surface area contributed by atoms with Crippen LogP contribution in [-0.2, 0) is 26.2 Å². The molecule has 0 saturated carbocycles. The van der Waals surface area contributed by atoms with Crippen molar-refractivity contribution in [2.45, 2.75) is 45.8 Å². The van der Waals surface area contributed by atoms with Crippen LogP contribution in [0.1, 0.15) is 32.8 Å². The van der Waals surface area contributed by atoms with Gasteiger partial charge in [0, 0.05) is 12.6 Å². The number of benzene rings is 2. The monoisotopic (exact) mass is 463 g/mol. The second kappa shape index (κ2) is 11.1. The van der Waals surface area contributed by atoms with E-state index < -0.39 is 34.3 Å². The molecule has 0 spiro atoms. The number of carbonyl (C=O) groups excluding carboxylic acids is 2. The summed E-state index contributed by atoms with van der Waals surface area (Å²) in [5.74, 6) is -1.53. The molecular weight excluding hydrogens is 433 g/mol. The van der Waals surface area contributed by atoms with Gasteiger partial charge < -0.3 is 10.2 Å². The minimum absolute atomic E-state index is 0.0391. The summed E-state index contributed by atoms with van der Waals surface area (Å²) in [7, 11) is -3.89. The third-order valence-corrected chi connectivity index (χ3v) is 6.28. The van der Waals surface area contributed by atoms with Crippen LogP contribution in [0.4, 0.5) is 10.1 Å². The standard InChI is InChI=1S/C23H30FN3O4S/c1-5-17(2)25-23(29)18(3)26(15-19-10-7-6-8-11-19)22(28)16-27(32(4,30)31)21-13-9-12-20(24)14-21/h6-14,17-18H,5,15-16H2,1-4H3,(H,25,29)/t17-,18+/m0/s1. The molecule has 0 aliphatic heterocycles. The lowest BCUT2D eigenvalue weighted by Gasteiger charge is -2.32. The average Bonchev–Trinajstić information content (AvgIpc) is 2.74. The Morgan fingerprint density at radius 1 is 1.06 bits per heavy atom. The number of hydrogen-bond acceptors (Lipinski definition) is 4. The Bertz CT molecular complexity index is 1030. The Labute approximate surface area is 189 Å². The lowest BCUT2D eigenvalue weighted by molar-refractivity contribution is -0.139. The Hall–Kier alpha value is -2.94. The molecule has 0 fully saturated rings. The van der Waals surface area contributed by atoms with Crippen LogP contribution in [0.25, 0.3) is 0 Å². The van der Waals surface area contributed by atoms with Crippen LogP contribution >= 0.6 is 0 Å². The third kappa shape index (κ3) is 7.05. The second-order valence-corrected chi connectivity index (χ2v) is 9.66. The van der Waals surface area contributed by atoms with E-state index in [-0.39, 0.29) is 24.2 Å². The summed E-state index contributed by atoms with van der Waals surface area (Å²) in [5.41, 5.74) is 0.831. The Morgan fingerprint density at radius 3 is 2.28 bits per heavy atom. The smallest absolute Gasteiger partial charge is 0.244 e. The SMILES string of the molecule is CC[C@H](C)NC(=O)[C@@H](C)N(Cc1ccccc1)C(=O)CN(c1cccc(F)c1)S(C)(=O)=O. The summed E-state index contributed by atoms with van der Waals surface area (Å²) >= 11 is 0. The van der Waals surface area contributed by atoms with E-state index in [0.29, 0.717) is 0 Å². The van der Waals surface area contributed by atoms with Crippen molar-refractivity contribution >= 4 is 27.5 Å². The van der Waals surface area contributed by atoms with Crippen LogP contribution in [0.2, 0.25) is 0 Å². The lowest BCUT2D eigenvalue weighted by Crippen LogP contribution is -2.52. The molecule has 0 saturated heterocycles. The summed E-state index contributed by atoms with van der Waals surface area (Å²) in [6, 6.07) is 13.2. The van der Waals surface area contributed by atoms with Crippen molar-refractivity contribution in [1.29, 1.82) is 0 Å². The molecule has 0 radical (unpaired) electrons. The van der Waals surface area contributed by atoms with Gasteiger partial charge in [0.05, 0.1) is 11.9 Å². The van der Waals surface area contributed by atoms with Crippen LogP contribution in [0.15, 0.2) is 54.6 Å². The van der Waals surface area contributed by atoms with Gasteiger partial charge in [-0.3, -0.25) is 13.9 Å². The van der Waals surface area contributed by atoms with Crippen LogP contribution in [-0.4, -0.2) is 50.0 Å². The fraction of sp³-hybridized carbons (Fsp3) is 0.391. The minimum atomic E-state index is -3.89. The van der Waals surface area contributed by atoms with Crippen LogP contribution in [0.3, 0.4) is 0 Å². The summed E-state index contributed by atoms with van der Waals surface area (Å²) in [6.07, 6.45) is 1.68. The summed E-state index contributed by atoms with van der Waals surface area (Å²) in [6.45, 7) is 4.96. The molecular formula is C23H30FN3O4S. The van der Waals surface area contributed by atoms with Gasteiger partial charge in [-0.2, -0.15) is 0 Å². The number of rotatable bonds is 10. The van der Waals surface area contributed by atoms with Gasteiger partial charge in [-0.25, -0.2) is 12.8 Å². The van der Waals surface area contributed by atoms with E-state index in [0.717, 1.165) is 28.6 Å². The minimum Gasteiger partial charge on any atom is -0.352 e. The Morgan fingerprint density at radius 2 is 1.72 bits per heavy atom. The molecule has 2 aromatic rings.